The minimum atomic E-state index is -1.15. The molecular formula is C23H16N2O3S. The third-order valence-corrected chi connectivity index (χ3v) is 5.15. The monoisotopic (exact) mass is 400 g/mol. The summed E-state index contributed by atoms with van der Waals surface area (Å²) in [5, 5.41) is 10.1. The fraction of sp³-hybridized carbons (Fsp3) is 0.0435. The molecule has 29 heavy (non-hydrogen) atoms. The maximum Gasteiger partial charge on any atom is 0.336 e. The Hall–Kier alpha value is -3.64. The van der Waals surface area contributed by atoms with Crippen LogP contribution in [0.4, 0.5) is 0 Å². The zero-order valence-corrected chi connectivity index (χ0v) is 16.1. The molecule has 0 unspecified atom stereocenters. The summed E-state index contributed by atoms with van der Waals surface area (Å²) in [5.41, 5.74) is 3.28. The summed E-state index contributed by atoms with van der Waals surface area (Å²) in [6.07, 6.45) is 0.212. The van der Waals surface area contributed by atoms with E-state index in [0.717, 1.165) is 17.3 Å². The third-order valence-electron chi connectivity index (χ3n) is 4.59. The molecule has 1 heterocycles. The Kier molecular flexibility index (Phi) is 5.27. The van der Waals surface area contributed by atoms with Crippen LogP contribution in [0.5, 0.6) is 0 Å². The Morgan fingerprint density at radius 2 is 1.45 bits per heavy atom. The third kappa shape index (κ3) is 3.97. The van der Waals surface area contributed by atoms with Gasteiger partial charge in [0.2, 0.25) is 0 Å². The number of benzene rings is 3. The normalized spacial score (nSPS) is 11.9. The molecule has 0 radical (unpaired) electrons. The van der Waals surface area contributed by atoms with Gasteiger partial charge in [0.25, 0.3) is 0 Å². The topological polar surface area (TPSA) is 80.1 Å². The highest BCUT2D eigenvalue weighted by molar-refractivity contribution is 7.00. The molecule has 142 valence electrons. The molecule has 0 atom stereocenters. The Balaban J connectivity index is 1.92. The minimum absolute atomic E-state index is 0.0161. The Morgan fingerprint density at radius 1 is 0.793 bits per heavy atom. The molecule has 0 spiro atoms. The number of carbonyl (C=O) groups is 2. The number of aliphatic carboxylic acids is 1. The molecule has 6 heteroatoms. The van der Waals surface area contributed by atoms with E-state index >= 15 is 0 Å². The molecule has 0 fully saturated rings. The first-order valence-corrected chi connectivity index (χ1v) is 9.69. The second-order valence-electron chi connectivity index (χ2n) is 6.48. The molecule has 0 aliphatic carbocycles. The maximum absolute atomic E-state index is 13.3. The zero-order valence-electron chi connectivity index (χ0n) is 15.3. The lowest BCUT2D eigenvalue weighted by Crippen LogP contribution is -2.14. The lowest BCUT2D eigenvalue weighted by molar-refractivity contribution is -0.130. The molecule has 3 aromatic carbocycles. The van der Waals surface area contributed by atoms with Crippen molar-refractivity contribution >= 4 is 40.1 Å². The minimum Gasteiger partial charge on any atom is -0.478 e. The molecule has 0 aliphatic rings. The van der Waals surface area contributed by atoms with Crippen molar-refractivity contribution in [2.45, 2.75) is 6.42 Å². The van der Waals surface area contributed by atoms with Crippen molar-refractivity contribution in [1.29, 1.82) is 0 Å². The van der Waals surface area contributed by atoms with E-state index in [9.17, 15) is 14.7 Å². The van der Waals surface area contributed by atoms with E-state index in [1.165, 1.54) is 0 Å². The van der Waals surface area contributed by atoms with Gasteiger partial charge in [-0.3, -0.25) is 4.79 Å². The van der Waals surface area contributed by atoms with E-state index in [1.54, 1.807) is 42.5 Å². The van der Waals surface area contributed by atoms with Gasteiger partial charge in [-0.25, -0.2) is 4.79 Å². The Morgan fingerprint density at radius 3 is 2.14 bits per heavy atom. The fourth-order valence-electron chi connectivity index (χ4n) is 3.21. The summed E-state index contributed by atoms with van der Waals surface area (Å²) in [7, 11) is 0. The number of rotatable bonds is 6. The number of hydrogen-bond acceptors (Lipinski definition) is 5. The molecule has 1 N–H and O–H groups in total. The van der Waals surface area contributed by atoms with Gasteiger partial charge in [-0.2, -0.15) is 8.75 Å². The second-order valence-corrected chi connectivity index (χ2v) is 7.01. The van der Waals surface area contributed by atoms with Gasteiger partial charge in [-0.05, 0) is 23.3 Å². The van der Waals surface area contributed by atoms with Gasteiger partial charge in [0.15, 0.2) is 5.78 Å². The average Bonchev–Trinajstić information content (AvgIpc) is 3.22. The standard InChI is InChI=1S/C23H16N2O3S/c26-22(16-9-5-2-6-10-16)18(13-15-7-3-1-4-8-15)21(23(27)28)17-11-12-19-20(14-17)25-29-24-19/h1-12,14H,13H2,(H,27,28)/b21-18+. The van der Waals surface area contributed by atoms with E-state index in [0.29, 0.717) is 22.2 Å². The molecule has 0 saturated heterocycles. The van der Waals surface area contributed by atoms with Crippen LogP contribution in [0.1, 0.15) is 21.5 Å². The molecule has 5 nitrogen and oxygen atoms in total. The van der Waals surface area contributed by atoms with Crippen LogP contribution in [0, 0.1) is 0 Å². The lowest BCUT2D eigenvalue weighted by atomic mass is 9.89. The van der Waals surface area contributed by atoms with Gasteiger partial charge in [0.05, 0.1) is 17.3 Å². The molecule has 0 aliphatic heterocycles. The van der Waals surface area contributed by atoms with Crippen LogP contribution in [0.15, 0.2) is 84.4 Å². The quantitative estimate of drug-likeness (QED) is 0.376. The molecule has 0 bridgehead atoms. The van der Waals surface area contributed by atoms with Crippen LogP contribution in [-0.4, -0.2) is 25.6 Å². The number of carbonyl (C=O) groups excluding carboxylic acids is 1. The van der Waals surface area contributed by atoms with Crippen molar-refractivity contribution in [3.05, 3.63) is 101 Å². The summed E-state index contributed by atoms with van der Waals surface area (Å²) < 4.78 is 8.36. The van der Waals surface area contributed by atoms with Crippen LogP contribution in [0.2, 0.25) is 0 Å². The van der Waals surface area contributed by atoms with E-state index in [4.69, 9.17) is 0 Å². The summed E-state index contributed by atoms with van der Waals surface area (Å²) >= 11 is 1.07. The first-order chi connectivity index (χ1) is 14.1. The van der Waals surface area contributed by atoms with E-state index in [-0.39, 0.29) is 23.4 Å². The van der Waals surface area contributed by atoms with Crippen molar-refractivity contribution in [3.63, 3.8) is 0 Å². The number of carboxylic acids is 1. The highest BCUT2D eigenvalue weighted by Crippen LogP contribution is 2.27. The van der Waals surface area contributed by atoms with Gasteiger partial charge < -0.3 is 5.11 Å². The van der Waals surface area contributed by atoms with Crippen molar-refractivity contribution in [2.75, 3.05) is 0 Å². The number of Topliss-reactive ketones (excluding diaryl/α,β-unsaturated/α-hetero) is 1. The highest BCUT2D eigenvalue weighted by Gasteiger charge is 2.24. The molecule has 4 aromatic rings. The Labute approximate surface area is 171 Å². The number of allylic oxidation sites excluding steroid dienone is 1. The smallest absolute Gasteiger partial charge is 0.336 e. The number of aromatic nitrogens is 2. The number of carboxylic acid groups (broad SMARTS) is 1. The first kappa shape index (κ1) is 18.7. The first-order valence-electron chi connectivity index (χ1n) is 8.96. The van der Waals surface area contributed by atoms with Gasteiger partial charge in [0.1, 0.15) is 11.0 Å². The number of nitrogens with zero attached hydrogens (tertiary/aromatic N) is 2. The van der Waals surface area contributed by atoms with Crippen LogP contribution in [0.25, 0.3) is 16.6 Å². The summed E-state index contributed by atoms with van der Waals surface area (Å²) in [4.78, 5) is 25.6. The Bertz CT molecular complexity index is 1210. The van der Waals surface area contributed by atoms with Crippen molar-refractivity contribution in [2.24, 2.45) is 0 Å². The van der Waals surface area contributed by atoms with Crippen molar-refractivity contribution in [3.8, 4) is 0 Å². The second kappa shape index (κ2) is 8.16. The molecule has 0 saturated carbocycles. The predicted octanol–water partition coefficient (Wildman–Crippen LogP) is 4.66. The lowest BCUT2D eigenvalue weighted by Gasteiger charge is -2.13. The van der Waals surface area contributed by atoms with Crippen LogP contribution < -0.4 is 0 Å². The predicted molar refractivity (Wildman–Crippen MR) is 113 cm³/mol. The van der Waals surface area contributed by atoms with Crippen molar-refractivity contribution in [1.82, 2.24) is 8.75 Å². The average molecular weight is 400 g/mol. The van der Waals surface area contributed by atoms with E-state index < -0.39 is 5.97 Å². The highest BCUT2D eigenvalue weighted by atomic mass is 32.1. The summed E-state index contributed by atoms with van der Waals surface area (Å²) in [6, 6.07) is 23.2. The molecule has 1 aromatic heterocycles. The fourth-order valence-corrected chi connectivity index (χ4v) is 3.73. The number of fused-ring (bicyclic) bond motifs is 1. The van der Waals surface area contributed by atoms with E-state index in [1.807, 2.05) is 36.4 Å². The number of hydrogen-bond donors (Lipinski definition) is 1. The van der Waals surface area contributed by atoms with Gasteiger partial charge in [0, 0.05) is 17.6 Å². The molecule has 4 rings (SSSR count). The van der Waals surface area contributed by atoms with Gasteiger partial charge in [-0.1, -0.05) is 66.7 Å². The number of ketones is 1. The van der Waals surface area contributed by atoms with Crippen molar-refractivity contribution < 1.29 is 14.7 Å². The van der Waals surface area contributed by atoms with Gasteiger partial charge in [-0.15, -0.1) is 0 Å². The van der Waals surface area contributed by atoms with Crippen LogP contribution in [-0.2, 0) is 11.2 Å². The van der Waals surface area contributed by atoms with E-state index in [2.05, 4.69) is 8.75 Å². The summed E-state index contributed by atoms with van der Waals surface area (Å²) in [6.45, 7) is 0. The largest absolute Gasteiger partial charge is 0.478 e. The molecular weight excluding hydrogens is 384 g/mol. The maximum atomic E-state index is 13.3. The zero-order chi connectivity index (χ0) is 20.2. The van der Waals surface area contributed by atoms with Crippen LogP contribution >= 0.6 is 11.7 Å². The molecule has 0 amide bonds. The summed E-state index contributed by atoms with van der Waals surface area (Å²) in [5.74, 6) is -1.45. The SMILES string of the molecule is O=C(O)/C(=C(\Cc1ccccc1)C(=O)c1ccccc1)c1ccc2nsnc2c1. The van der Waals surface area contributed by atoms with Gasteiger partial charge >= 0.3 is 5.97 Å². The van der Waals surface area contributed by atoms with Crippen LogP contribution in [0.3, 0.4) is 0 Å².